The quantitative estimate of drug-likeness (QED) is 0.263. The highest BCUT2D eigenvalue weighted by atomic mass is 16.5. The van der Waals surface area contributed by atoms with Crippen LogP contribution in [-0.4, -0.2) is 17.3 Å². The second-order valence-corrected chi connectivity index (χ2v) is 10.1. The molecule has 3 aromatic carbocycles. The van der Waals surface area contributed by atoms with Gasteiger partial charge in [-0.05, 0) is 79.5 Å². The summed E-state index contributed by atoms with van der Waals surface area (Å²) < 4.78 is 12.2. The molecule has 0 spiro atoms. The highest BCUT2D eigenvalue weighted by Gasteiger charge is 2.31. The Morgan fingerprint density at radius 1 is 0.667 bits per heavy atom. The van der Waals surface area contributed by atoms with Gasteiger partial charge in [0.2, 0.25) is 0 Å². The molecule has 0 aliphatic carbocycles. The second-order valence-electron chi connectivity index (χ2n) is 10.1. The molecule has 0 fully saturated rings. The predicted octanol–water partition coefficient (Wildman–Crippen LogP) is 8.31. The second kappa shape index (κ2) is 12.5. The zero-order valence-corrected chi connectivity index (χ0v) is 23.1. The van der Waals surface area contributed by atoms with Crippen molar-refractivity contribution in [2.75, 3.05) is 6.61 Å². The van der Waals surface area contributed by atoms with E-state index in [2.05, 4.69) is 76.2 Å². The fourth-order valence-corrected chi connectivity index (χ4v) is 5.14. The molecule has 0 aliphatic rings. The van der Waals surface area contributed by atoms with Crippen LogP contribution < -0.4 is 9.47 Å². The van der Waals surface area contributed by atoms with Gasteiger partial charge in [-0.3, -0.25) is 0 Å². The predicted molar refractivity (Wildman–Crippen MR) is 150 cm³/mol. The molecule has 0 saturated heterocycles. The van der Waals surface area contributed by atoms with E-state index in [0.717, 1.165) is 48.3 Å². The molecule has 3 aromatic rings. The number of rotatable bonds is 13. The van der Waals surface area contributed by atoms with Gasteiger partial charge in [0.1, 0.15) is 18.1 Å². The van der Waals surface area contributed by atoms with Crippen LogP contribution in [0.1, 0.15) is 87.6 Å². The van der Waals surface area contributed by atoms with Crippen LogP contribution in [0.5, 0.6) is 11.5 Å². The van der Waals surface area contributed by atoms with Crippen molar-refractivity contribution < 1.29 is 14.6 Å². The van der Waals surface area contributed by atoms with Gasteiger partial charge in [-0.1, -0.05) is 82.3 Å². The standard InChI is InChI=1S/C33H44O3/c1-7-32(34,8-2)20-21-35-30-18-16-28(22-25(30)5)33(9-3,10-4)29-17-19-31(26(6)23-29)36-24-27-14-12-11-13-15-27/h11-19,22-23,34H,7-10,20-21,24H2,1-6H3. The van der Waals surface area contributed by atoms with E-state index in [1.165, 1.54) is 16.7 Å². The summed E-state index contributed by atoms with van der Waals surface area (Å²) >= 11 is 0. The van der Waals surface area contributed by atoms with Gasteiger partial charge in [0.15, 0.2) is 0 Å². The average Bonchev–Trinajstić information content (AvgIpc) is 2.91. The Kier molecular flexibility index (Phi) is 9.62. The summed E-state index contributed by atoms with van der Waals surface area (Å²) in [5, 5.41) is 10.6. The number of benzene rings is 3. The van der Waals surface area contributed by atoms with E-state index in [0.29, 0.717) is 19.6 Å². The lowest BCUT2D eigenvalue weighted by atomic mass is 9.70. The van der Waals surface area contributed by atoms with E-state index in [1.54, 1.807) is 0 Å². The fourth-order valence-electron chi connectivity index (χ4n) is 5.14. The molecule has 0 unspecified atom stereocenters. The summed E-state index contributed by atoms with van der Waals surface area (Å²) in [6, 6.07) is 23.5. The molecule has 36 heavy (non-hydrogen) atoms. The van der Waals surface area contributed by atoms with Crippen LogP contribution in [0.4, 0.5) is 0 Å². The minimum Gasteiger partial charge on any atom is -0.493 e. The summed E-state index contributed by atoms with van der Waals surface area (Å²) in [6.45, 7) is 14.0. The van der Waals surface area contributed by atoms with Crippen LogP contribution in [-0.2, 0) is 12.0 Å². The fraction of sp³-hybridized carbons (Fsp3) is 0.455. The Balaban J connectivity index is 1.79. The lowest BCUT2D eigenvalue weighted by Gasteiger charge is -2.34. The van der Waals surface area contributed by atoms with E-state index in [4.69, 9.17) is 9.47 Å². The van der Waals surface area contributed by atoms with Gasteiger partial charge in [-0.2, -0.15) is 0 Å². The zero-order valence-electron chi connectivity index (χ0n) is 23.1. The highest BCUT2D eigenvalue weighted by Crippen LogP contribution is 2.41. The molecule has 0 aromatic heterocycles. The van der Waals surface area contributed by atoms with Crippen molar-refractivity contribution in [3.8, 4) is 11.5 Å². The van der Waals surface area contributed by atoms with Crippen LogP contribution >= 0.6 is 0 Å². The smallest absolute Gasteiger partial charge is 0.122 e. The van der Waals surface area contributed by atoms with Crippen molar-refractivity contribution >= 4 is 0 Å². The molecule has 3 nitrogen and oxygen atoms in total. The molecule has 0 aliphatic heterocycles. The lowest BCUT2D eigenvalue weighted by Crippen LogP contribution is -2.29. The molecule has 0 atom stereocenters. The Morgan fingerprint density at radius 2 is 1.19 bits per heavy atom. The van der Waals surface area contributed by atoms with Crippen molar-refractivity contribution in [2.24, 2.45) is 0 Å². The van der Waals surface area contributed by atoms with E-state index >= 15 is 0 Å². The molecular weight excluding hydrogens is 444 g/mol. The van der Waals surface area contributed by atoms with Gasteiger partial charge >= 0.3 is 0 Å². The third kappa shape index (κ3) is 6.31. The van der Waals surface area contributed by atoms with E-state index in [9.17, 15) is 5.11 Å². The van der Waals surface area contributed by atoms with Gasteiger partial charge in [-0.25, -0.2) is 0 Å². The monoisotopic (exact) mass is 488 g/mol. The Morgan fingerprint density at radius 3 is 1.67 bits per heavy atom. The number of hydrogen-bond donors (Lipinski definition) is 1. The first-order valence-electron chi connectivity index (χ1n) is 13.5. The maximum absolute atomic E-state index is 10.6. The molecule has 194 valence electrons. The van der Waals surface area contributed by atoms with Crippen molar-refractivity contribution in [1.82, 2.24) is 0 Å². The van der Waals surface area contributed by atoms with Gasteiger partial charge in [0.25, 0.3) is 0 Å². The lowest BCUT2D eigenvalue weighted by molar-refractivity contribution is 0.0116. The molecule has 0 amide bonds. The Labute approximate surface area is 218 Å². The minimum absolute atomic E-state index is 0.0727. The Hall–Kier alpha value is -2.78. The summed E-state index contributed by atoms with van der Waals surface area (Å²) in [5.41, 5.74) is 5.39. The molecular formula is C33H44O3. The molecule has 0 saturated carbocycles. The zero-order chi connectivity index (χ0) is 26.2. The third-order valence-electron chi connectivity index (χ3n) is 8.04. The van der Waals surface area contributed by atoms with Crippen LogP contribution in [0.15, 0.2) is 66.7 Å². The summed E-state index contributed by atoms with van der Waals surface area (Å²) in [7, 11) is 0. The molecule has 0 radical (unpaired) electrons. The first-order chi connectivity index (χ1) is 17.3. The molecule has 0 heterocycles. The largest absolute Gasteiger partial charge is 0.493 e. The maximum atomic E-state index is 10.6. The summed E-state index contributed by atoms with van der Waals surface area (Å²) in [4.78, 5) is 0. The number of ether oxygens (including phenoxy) is 2. The average molecular weight is 489 g/mol. The van der Waals surface area contributed by atoms with E-state index in [1.807, 2.05) is 32.0 Å². The normalized spacial score (nSPS) is 12.0. The van der Waals surface area contributed by atoms with Crippen molar-refractivity contribution in [1.29, 1.82) is 0 Å². The van der Waals surface area contributed by atoms with E-state index < -0.39 is 5.60 Å². The SMILES string of the molecule is CCC(O)(CC)CCOc1ccc(C(CC)(CC)c2ccc(OCc3ccccc3)c(C)c2)cc1C. The highest BCUT2D eigenvalue weighted by molar-refractivity contribution is 5.48. The first-order valence-corrected chi connectivity index (χ1v) is 13.5. The van der Waals surface area contributed by atoms with Crippen LogP contribution in [0, 0.1) is 13.8 Å². The van der Waals surface area contributed by atoms with E-state index in [-0.39, 0.29) is 5.41 Å². The number of aryl methyl sites for hydroxylation is 2. The minimum atomic E-state index is -0.637. The maximum Gasteiger partial charge on any atom is 0.122 e. The van der Waals surface area contributed by atoms with Crippen LogP contribution in [0.2, 0.25) is 0 Å². The molecule has 3 rings (SSSR count). The van der Waals surface area contributed by atoms with Gasteiger partial charge < -0.3 is 14.6 Å². The third-order valence-corrected chi connectivity index (χ3v) is 8.04. The molecule has 3 heteroatoms. The van der Waals surface area contributed by atoms with Gasteiger partial charge in [-0.15, -0.1) is 0 Å². The molecule has 0 bridgehead atoms. The molecule has 1 N–H and O–H groups in total. The number of aliphatic hydroxyl groups is 1. The Bertz CT molecular complexity index is 1100. The number of hydrogen-bond acceptors (Lipinski definition) is 3. The van der Waals surface area contributed by atoms with Crippen LogP contribution in [0.25, 0.3) is 0 Å². The van der Waals surface area contributed by atoms with Gasteiger partial charge in [0, 0.05) is 11.8 Å². The van der Waals surface area contributed by atoms with Crippen molar-refractivity contribution in [3.63, 3.8) is 0 Å². The topological polar surface area (TPSA) is 38.7 Å². The van der Waals surface area contributed by atoms with Crippen LogP contribution in [0.3, 0.4) is 0 Å². The first kappa shape index (κ1) is 27.8. The summed E-state index contributed by atoms with van der Waals surface area (Å²) in [5.74, 6) is 1.83. The van der Waals surface area contributed by atoms with Crippen molar-refractivity contribution in [3.05, 3.63) is 94.5 Å². The van der Waals surface area contributed by atoms with Crippen molar-refractivity contribution in [2.45, 2.75) is 91.3 Å². The van der Waals surface area contributed by atoms with Gasteiger partial charge in [0.05, 0.1) is 12.2 Å². The summed E-state index contributed by atoms with van der Waals surface area (Å²) in [6.07, 6.45) is 4.15.